The summed E-state index contributed by atoms with van der Waals surface area (Å²) in [5.41, 5.74) is 1.30. The molecule has 1 aliphatic carbocycles. The van der Waals surface area contributed by atoms with Gasteiger partial charge >= 0.3 is 6.09 Å². The van der Waals surface area contributed by atoms with Crippen LogP contribution in [0, 0.1) is 5.41 Å². The van der Waals surface area contributed by atoms with E-state index in [-0.39, 0.29) is 11.5 Å². The maximum absolute atomic E-state index is 12.8. The van der Waals surface area contributed by atoms with Crippen LogP contribution in [0.3, 0.4) is 0 Å². The topological polar surface area (TPSA) is 89.7 Å². The number of carbonyl (C=O) groups excluding carboxylic acids is 1. The number of allylic oxidation sites excluding steroid dienone is 2. The summed E-state index contributed by atoms with van der Waals surface area (Å²) in [6.45, 7) is 17.9. The Bertz CT molecular complexity index is 736. The zero-order chi connectivity index (χ0) is 22.0. The smallest absolute Gasteiger partial charge is 0.410 e. The van der Waals surface area contributed by atoms with E-state index in [0.29, 0.717) is 43.8 Å². The van der Waals surface area contributed by atoms with Gasteiger partial charge in [-0.1, -0.05) is 4.40 Å². The molecule has 1 fully saturated rings. The molecule has 0 unspecified atom stereocenters. The number of hydrogen-bond acceptors (Lipinski definition) is 6. The van der Waals surface area contributed by atoms with Crippen molar-refractivity contribution in [1.82, 2.24) is 4.90 Å². The minimum Gasteiger partial charge on any atom is -0.591 e. The van der Waals surface area contributed by atoms with Crippen LogP contribution < -0.4 is 0 Å². The summed E-state index contributed by atoms with van der Waals surface area (Å²) in [5.74, 6) is 0. The third-order valence-electron chi connectivity index (χ3n) is 5.02. The van der Waals surface area contributed by atoms with Gasteiger partial charge in [0, 0.05) is 31.1 Å². The third-order valence-corrected chi connectivity index (χ3v) is 6.42. The Morgan fingerprint density at radius 3 is 2.28 bits per heavy atom. The molecule has 162 valence electrons. The van der Waals surface area contributed by atoms with E-state index in [9.17, 15) is 9.35 Å². The predicted molar refractivity (Wildman–Crippen MR) is 120 cm³/mol. The number of rotatable bonds is 3. The van der Waals surface area contributed by atoms with Gasteiger partial charge in [-0.05, 0) is 68.0 Å². The van der Waals surface area contributed by atoms with E-state index in [0.717, 1.165) is 5.70 Å². The van der Waals surface area contributed by atoms with Crippen molar-refractivity contribution in [2.75, 3.05) is 13.1 Å². The number of amides is 1. The van der Waals surface area contributed by atoms with Crippen molar-refractivity contribution >= 4 is 36.1 Å². The molecule has 8 heteroatoms. The largest absolute Gasteiger partial charge is 0.591 e. The first-order valence-corrected chi connectivity index (χ1v) is 11.1. The van der Waals surface area contributed by atoms with Gasteiger partial charge in [0.05, 0.1) is 5.70 Å². The second kappa shape index (κ2) is 8.60. The number of ether oxygens (including phenoxy) is 1. The standard InChI is InChI=1S/C21H34N4O3S/c1-9-23-15-14-21(17(16(15)22-8)24-29(27)20(5,6)7)10-12-25(13-11-21)18(26)28-19(2,3)4/h9H,8,10-14H2,1-7H3/b23-9-,24-17+/t29-/m1/s1. The fourth-order valence-corrected chi connectivity index (χ4v) is 4.24. The van der Waals surface area contributed by atoms with E-state index in [2.05, 4.69) is 21.1 Å². The van der Waals surface area contributed by atoms with Gasteiger partial charge in [0.25, 0.3) is 0 Å². The van der Waals surface area contributed by atoms with Gasteiger partial charge < -0.3 is 14.2 Å². The molecule has 0 aromatic carbocycles. The van der Waals surface area contributed by atoms with Crippen molar-refractivity contribution in [1.29, 1.82) is 0 Å². The van der Waals surface area contributed by atoms with Gasteiger partial charge in [-0.15, -0.1) is 0 Å². The highest BCUT2D eigenvalue weighted by Gasteiger charge is 2.49. The average Bonchev–Trinajstić information content (AvgIpc) is 2.86. The Balaban J connectivity index is 2.32. The number of hydrogen-bond donors (Lipinski definition) is 0. The lowest BCUT2D eigenvalue weighted by atomic mass is 9.74. The molecule has 1 saturated heterocycles. The van der Waals surface area contributed by atoms with Crippen LogP contribution in [0.2, 0.25) is 0 Å². The Labute approximate surface area is 177 Å². The molecule has 1 amide bonds. The van der Waals surface area contributed by atoms with E-state index in [1.807, 2.05) is 48.5 Å². The fourth-order valence-electron chi connectivity index (χ4n) is 3.52. The summed E-state index contributed by atoms with van der Waals surface area (Å²) in [5, 5.41) is 0. The Kier molecular flexibility index (Phi) is 7.00. The lowest BCUT2D eigenvalue weighted by molar-refractivity contribution is 0.0159. The van der Waals surface area contributed by atoms with Gasteiger partial charge in [0.15, 0.2) is 0 Å². The number of nitrogens with zero attached hydrogens (tertiary/aromatic N) is 4. The summed E-state index contributed by atoms with van der Waals surface area (Å²) in [6, 6.07) is 0. The minimum atomic E-state index is -1.42. The highest BCUT2D eigenvalue weighted by Crippen LogP contribution is 2.48. The zero-order valence-corrected chi connectivity index (χ0v) is 19.6. The molecular formula is C21H34N4O3S. The molecule has 29 heavy (non-hydrogen) atoms. The van der Waals surface area contributed by atoms with E-state index in [4.69, 9.17) is 4.74 Å². The van der Waals surface area contributed by atoms with Crippen molar-refractivity contribution in [2.45, 2.75) is 78.1 Å². The normalized spacial score (nSPS) is 22.6. The monoisotopic (exact) mass is 422 g/mol. The maximum Gasteiger partial charge on any atom is 0.410 e. The summed E-state index contributed by atoms with van der Waals surface area (Å²) in [7, 11) is 0. The predicted octanol–water partition coefficient (Wildman–Crippen LogP) is 4.31. The van der Waals surface area contributed by atoms with E-state index < -0.39 is 21.7 Å². The van der Waals surface area contributed by atoms with Crippen LogP contribution in [-0.2, 0) is 16.1 Å². The van der Waals surface area contributed by atoms with E-state index in [1.165, 1.54) is 0 Å². The Morgan fingerprint density at radius 1 is 1.24 bits per heavy atom. The second-order valence-corrected chi connectivity index (χ2v) is 11.5. The number of piperidine rings is 1. The summed E-state index contributed by atoms with van der Waals surface area (Å²) >= 11 is -1.42. The molecule has 1 spiro atoms. The van der Waals surface area contributed by atoms with Gasteiger partial charge in [-0.2, -0.15) is 0 Å². The van der Waals surface area contributed by atoms with Gasteiger partial charge in [-0.25, -0.2) is 4.79 Å². The van der Waals surface area contributed by atoms with Crippen LogP contribution in [0.1, 0.15) is 67.7 Å². The van der Waals surface area contributed by atoms with Crippen LogP contribution >= 0.6 is 0 Å². The Morgan fingerprint density at radius 2 is 1.83 bits per heavy atom. The quantitative estimate of drug-likeness (QED) is 0.501. The molecule has 2 rings (SSSR count). The van der Waals surface area contributed by atoms with Crippen molar-refractivity contribution in [3.8, 4) is 0 Å². The average molecular weight is 423 g/mol. The van der Waals surface area contributed by atoms with Crippen molar-refractivity contribution in [3.63, 3.8) is 0 Å². The fraction of sp³-hybridized carbons (Fsp3) is 0.714. The lowest BCUT2D eigenvalue weighted by Crippen LogP contribution is -2.47. The molecular weight excluding hydrogens is 388 g/mol. The summed E-state index contributed by atoms with van der Waals surface area (Å²) in [6.07, 6.45) is 3.47. The highest BCUT2D eigenvalue weighted by molar-refractivity contribution is 7.91. The van der Waals surface area contributed by atoms with Crippen molar-refractivity contribution in [3.05, 3.63) is 11.4 Å². The number of carbonyl (C=O) groups is 1. The molecule has 0 aromatic heterocycles. The molecule has 0 aromatic rings. The SMILES string of the molecule is C=NC1=C(/N=C\C)CC2(CCN(C(=O)OC(C)(C)C)CC2)/C1=N/[S@+]([O-])C(C)(C)C. The first-order chi connectivity index (χ1) is 13.3. The van der Waals surface area contributed by atoms with Crippen LogP contribution in [0.15, 0.2) is 25.8 Å². The maximum atomic E-state index is 12.8. The van der Waals surface area contributed by atoms with Gasteiger partial charge in [-0.3, -0.25) is 9.98 Å². The van der Waals surface area contributed by atoms with Crippen molar-refractivity contribution < 1.29 is 14.1 Å². The molecule has 1 heterocycles. The Hall–Kier alpha value is -1.67. The molecule has 0 radical (unpaired) electrons. The molecule has 1 aliphatic heterocycles. The summed E-state index contributed by atoms with van der Waals surface area (Å²) < 4.78 is 22.5. The van der Waals surface area contributed by atoms with Gasteiger partial charge in [0.1, 0.15) is 33.1 Å². The summed E-state index contributed by atoms with van der Waals surface area (Å²) in [4.78, 5) is 22.9. The lowest BCUT2D eigenvalue weighted by Gasteiger charge is -2.39. The minimum absolute atomic E-state index is 0.302. The van der Waals surface area contributed by atoms with Crippen LogP contribution in [0.25, 0.3) is 0 Å². The van der Waals surface area contributed by atoms with Crippen LogP contribution in [0.4, 0.5) is 4.79 Å². The molecule has 7 nitrogen and oxygen atoms in total. The molecule has 1 atom stereocenters. The molecule has 0 saturated carbocycles. The molecule has 2 aliphatic rings. The van der Waals surface area contributed by atoms with E-state index in [1.54, 1.807) is 11.1 Å². The second-order valence-electron chi connectivity index (χ2n) is 9.57. The zero-order valence-electron chi connectivity index (χ0n) is 18.7. The van der Waals surface area contributed by atoms with Crippen LogP contribution in [0.5, 0.6) is 0 Å². The van der Waals surface area contributed by atoms with Gasteiger partial charge in [0.2, 0.25) is 0 Å². The highest BCUT2D eigenvalue weighted by atomic mass is 32.2. The number of aliphatic imine (C=N–C) groups is 2. The first-order valence-electron chi connectivity index (χ1n) is 10.0. The van der Waals surface area contributed by atoms with Crippen LogP contribution in [-0.4, -0.2) is 57.6 Å². The molecule has 0 bridgehead atoms. The third kappa shape index (κ3) is 5.48. The van der Waals surface area contributed by atoms with E-state index >= 15 is 0 Å². The first kappa shape index (κ1) is 23.6. The molecule has 0 N–H and O–H groups in total. The van der Waals surface area contributed by atoms with Crippen molar-refractivity contribution in [2.24, 2.45) is 19.8 Å². The number of likely N-dealkylation sites (tertiary alicyclic amines) is 1.